The van der Waals surface area contributed by atoms with Gasteiger partial charge in [-0.1, -0.05) is 20.3 Å². The summed E-state index contributed by atoms with van der Waals surface area (Å²) >= 11 is 0. The van der Waals surface area contributed by atoms with Crippen molar-refractivity contribution in [2.24, 2.45) is 5.92 Å². The molecule has 0 bridgehead atoms. The quantitative estimate of drug-likeness (QED) is 0.441. The Morgan fingerprint density at radius 2 is 2.04 bits per heavy atom. The number of hydrogen-bond acceptors (Lipinski definition) is 6. The molecule has 8 heteroatoms. The number of rotatable bonds is 8. The molecule has 24 heavy (non-hydrogen) atoms. The van der Waals surface area contributed by atoms with Gasteiger partial charge in [-0.3, -0.25) is 14.9 Å². The van der Waals surface area contributed by atoms with Gasteiger partial charge < -0.3 is 14.8 Å². The van der Waals surface area contributed by atoms with E-state index in [4.69, 9.17) is 9.47 Å². The van der Waals surface area contributed by atoms with Crippen molar-refractivity contribution in [1.82, 2.24) is 5.32 Å². The number of carbonyl (C=O) groups excluding carboxylic acids is 2. The van der Waals surface area contributed by atoms with Gasteiger partial charge in [0.15, 0.2) is 6.61 Å². The third kappa shape index (κ3) is 5.22. The van der Waals surface area contributed by atoms with Gasteiger partial charge in [-0.15, -0.1) is 0 Å². The minimum Gasteiger partial charge on any atom is -0.484 e. The SMILES string of the molecule is CCC(C)C(NC(=O)COc1ccc([N+](=O)[O-])c(C)c1)C(=O)OC. The Morgan fingerprint density at radius 1 is 1.38 bits per heavy atom. The van der Waals surface area contributed by atoms with E-state index in [-0.39, 0.29) is 18.2 Å². The van der Waals surface area contributed by atoms with Crippen LogP contribution in [0, 0.1) is 23.0 Å². The van der Waals surface area contributed by atoms with Crippen LogP contribution in [-0.4, -0.2) is 36.6 Å². The van der Waals surface area contributed by atoms with Crippen molar-refractivity contribution < 1.29 is 24.0 Å². The highest BCUT2D eigenvalue weighted by atomic mass is 16.6. The van der Waals surface area contributed by atoms with Crippen LogP contribution in [-0.2, 0) is 14.3 Å². The molecule has 8 nitrogen and oxygen atoms in total. The molecule has 1 aromatic carbocycles. The van der Waals surface area contributed by atoms with Crippen molar-refractivity contribution in [1.29, 1.82) is 0 Å². The molecule has 0 fully saturated rings. The molecule has 0 saturated carbocycles. The van der Waals surface area contributed by atoms with Crippen LogP contribution < -0.4 is 10.1 Å². The molecule has 1 N–H and O–H groups in total. The molecule has 0 aliphatic carbocycles. The number of aryl methyl sites for hydroxylation is 1. The highest BCUT2D eigenvalue weighted by Crippen LogP contribution is 2.22. The Balaban J connectivity index is 2.66. The zero-order valence-electron chi connectivity index (χ0n) is 14.2. The predicted octanol–water partition coefficient (Wildman–Crippen LogP) is 1.99. The molecule has 132 valence electrons. The first-order chi connectivity index (χ1) is 11.3. The number of hydrogen-bond donors (Lipinski definition) is 1. The molecule has 1 amide bonds. The molecule has 0 aliphatic rings. The molecule has 0 aromatic heterocycles. The highest BCUT2D eigenvalue weighted by Gasteiger charge is 2.26. The standard InChI is InChI=1S/C16H22N2O6/c1-5-10(2)15(16(20)23-4)17-14(19)9-24-12-6-7-13(18(21)22)11(3)8-12/h6-8,10,15H,5,9H2,1-4H3,(H,17,19). The number of nitrogens with one attached hydrogen (secondary N) is 1. The zero-order chi connectivity index (χ0) is 18.3. The molecule has 1 aromatic rings. The third-order valence-corrected chi connectivity index (χ3v) is 3.72. The summed E-state index contributed by atoms with van der Waals surface area (Å²) in [5.41, 5.74) is 0.416. The Hall–Kier alpha value is -2.64. The van der Waals surface area contributed by atoms with Crippen molar-refractivity contribution >= 4 is 17.6 Å². The number of carbonyl (C=O) groups is 2. The molecule has 1 rings (SSSR count). The maximum Gasteiger partial charge on any atom is 0.328 e. The van der Waals surface area contributed by atoms with Crippen molar-refractivity contribution in [2.45, 2.75) is 33.2 Å². The van der Waals surface area contributed by atoms with Gasteiger partial charge in [0.1, 0.15) is 11.8 Å². The lowest BCUT2D eigenvalue weighted by Crippen LogP contribution is -2.47. The highest BCUT2D eigenvalue weighted by molar-refractivity contribution is 5.85. The first-order valence-electron chi connectivity index (χ1n) is 7.55. The maximum absolute atomic E-state index is 12.0. The van der Waals surface area contributed by atoms with Crippen LogP contribution in [0.4, 0.5) is 5.69 Å². The van der Waals surface area contributed by atoms with E-state index in [0.717, 1.165) is 0 Å². The average Bonchev–Trinajstić information content (AvgIpc) is 2.56. The average molecular weight is 338 g/mol. The smallest absolute Gasteiger partial charge is 0.328 e. The number of methoxy groups -OCH3 is 1. The second kappa shape index (κ2) is 8.85. The maximum atomic E-state index is 12.0. The second-order valence-electron chi connectivity index (χ2n) is 5.45. The number of amides is 1. The van der Waals surface area contributed by atoms with Gasteiger partial charge in [0, 0.05) is 11.6 Å². The lowest BCUT2D eigenvalue weighted by Gasteiger charge is -2.21. The van der Waals surface area contributed by atoms with E-state index in [9.17, 15) is 19.7 Å². The Labute approximate surface area is 140 Å². The van der Waals surface area contributed by atoms with E-state index in [1.165, 1.54) is 25.3 Å². The molecule has 2 atom stereocenters. The summed E-state index contributed by atoms with van der Waals surface area (Å²) in [5.74, 6) is -0.722. The number of nitro groups is 1. The summed E-state index contributed by atoms with van der Waals surface area (Å²) in [5, 5.41) is 13.3. The molecular formula is C16H22N2O6. The van der Waals surface area contributed by atoms with Crippen molar-refractivity contribution in [3.63, 3.8) is 0 Å². The van der Waals surface area contributed by atoms with Crippen molar-refractivity contribution in [2.75, 3.05) is 13.7 Å². The predicted molar refractivity (Wildman–Crippen MR) is 86.7 cm³/mol. The summed E-state index contributed by atoms with van der Waals surface area (Å²) in [6.07, 6.45) is 0.697. The molecule has 0 spiro atoms. The van der Waals surface area contributed by atoms with Gasteiger partial charge in [0.2, 0.25) is 0 Å². The van der Waals surface area contributed by atoms with Gasteiger partial charge in [-0.2, -0.15) is 0 Å². The van der Waals surface area contributed by atoms with E-state index in [1.807, 2.05) is 13.8 Å². The number of esters is 1. The van der Waals surface area contributed by atoms with Crippen molar-refractivity contribution in [3.8, 4) is 5.75 Å². The van der Waals surface area contributed by atoms with E-state index < -0.39 is 22.8 Å². The van der Waals surface area contributed by atoms with E-state index in [1.54, 1.807) is 6.92 Å². The van der Waals surface area contributed by atoms with Gasteiger partial charge in [-0.05, 0) is 25.0 Å². The summed E-state index contributed by atoms with van der Waals surface area (Å²) in [6.45, 7) is 5.02. The summed E-state index contributed by atoms with van der Waals surface area (Å²) < 4.78 is 10.0. The monoisotopic (exact) mass is 338 g/mol. The van der Waals surface area contributed by atoms with Crippen molar-refractivity contribution in [3.05, 3.63) is 33.9 Å². The van der Waals surface area contributed by atoms with Crippen LogP contribution in [0.25, 0.3) is 0 Å². The van der Waals surface area contributed by atoms with Crippen LogP contribution >= 0.6 is 0 Å². The number of benzene rings is 1. The van der Waals surface area contributed by atoms with Gasteiger partial charge in [-0.25, -0.2) is 4.79 Å². The largest absolute Gasteiger partial charge is 0.484 e. The van der Waals surface area contributed by atoms with Crippen LogP contribution in [0.1, 0.15) is 25.8 Å². The van der Waals surface area contributed by atoms with Gasteiger partial charge in [0.05, 0.1) is 12.0 Å². The molecule has 0 aliphatic heterocycles. The van der Waals surface area contributed by atoms with Crippen LogP contribution in [0.5, 0.6) is 5.75 Å². The normalized spacial score (nSPS) is 12.8. The summed E-state index contributed by atoms with van der Waals surface area (Å²) in [7, 11) is 1.26. The van der Waals surface area contributed by atoms with Gasteiger partial charge >= 0.3 is 5.97 Å². The number of ether oxygens (including phenoxy) is 2. The minimum absolute atomic E-state index is 0.0191. The third-order valence-electron chi connectivity index (χ3n) is 3.72. The zero-order valence-corrected chi connectivity index (χ0v) is 14.2. The Morgan fingerprint density at radius 3 is 2.54 bits per heavy atom. The second-order valence-corrected chi connectivity index (χ2v) is 5.45. The first-order valence-corrected chi connectivity index (χ1v) is 7.55. The van der Waals surface area contributed by atoms with E-state index in [0.29, 0.717) is 17.7 Å². The first kappa shape index (κ1) is 19.4. The molecule has 0 radical (unpaired) electrons. The van der Waals surface area contributed by atoms with Crippen LogP contribution in [0.3, 0.4) is 0 Å². The Bertz CT molecular complexity index is 617. The molecular weight excluding hydrogens is 316 g/mol. The van der Waals surface area contributed by atoms with Crippen LogP contribution in [0.2, 0.25) is 0 Å². The minimum atomic E-state index is -0.741. The topological polar surface area (TPSA) is 108 Å². The summed E-state index contributed by atoms with van der Waals surface area (Å²) in [4.78, 5) is 34.0. The van der Waals surface area contributed by atoms with Gasteiger partial charge in [0.25, 0.3) is 11.6 Å². The molecule has 2 unspecified atom stereocenters. The van der Waals surface area contributed by atoms with Crippen LogP contribution in [0.15, 0.2) is 18.2 Å². The summed E-state index contributed by atoms with van der Waals surface area (Å²) in [6, 6.07) is 3.48. The number of nitrogens with zero attached hydrogens (tertiary/aromatic N) is 1. The van der Waals surface area contributed by atoms with E-state index >= 15 is 0 Å². The fourth-order valence-corrected chi connectivity index (χ4v) is 2.08. The molecule has 0 heterocycles. The lowest BCUT2D eigenvalue weighted by molar-refractivity contribution is -0.385. The fourth-order valence-electron chi connectivity index (χ4n) is 2.08. The Kier molecular flexibility index (Phi) is 7.16. The molecule has 0 saturated heterocycles. The number of nitro benzene ring substituents is 1. The lowest BCUT2D eigenvalue weighted by atomic mass is 9.99. The fraction of sp³-hybridized carbons (Fsp3) is 0.500. The van der Waals surface area contributed by atoms with E-state index in [2.05, 4.69) is 5.32 Å².